The first kappa shape index (κ1) is 24.9. The number of carbonyl (C=O) groups is 1. The molecule has 4 heterocycles. The van der Waals surface area contributed by atoms with Crippen LogP contribution >= 0.6 is 0 Å². The fourth-order valence-corrected chi connectivity index (χ4v) is 5.10. The first-order chi connectivity index (χ1) is 18.9. The summed E-state index contributed by atoms with van der Waals surface area (Å²) in [4.78, 5) is 21.9. The third-order valence-electron chi connectivity index (χ3n) is 6.96. The van der Waals surface area contributed by atoms with Crippen molar-refractivity contribution in [1.82, 2.24) is 24.4 Å². The SMILES string of the molecule is O=C(c1cnn2c(C(F)(F)F)cc(-c3ccco3)nc12)N1CCN(C(c2ccccc2)c2ccccc2)CC1. The molecule has 0 N–H and O–H groups in total. The van der Waals surface area contributed by atoms with E-state index in [-0.39, 0.29) is 28.7 Å². The van der Waals surface area contributed by atoms with E-state index in [1.54, 1.807) is 11.0 Å². The van der Waals surface area contributed by atoms with Gasteiger partial charge < -0.3 is 9.32 Å². The first-order valence-electron chi connectivity index (χ1n) is 12.5. The monoisotopic (exact) mass is 531 g/mol. The van der Waals surface area contributed by atoms with Crippen molar-refractivity contribution in [2.75, 3.05) is 26.2 Å². The molecule has 198 valence electrons. The van der Waals surface area contributed by atoms with Gasteiger partial charge in [-0.1, -0.05) is 60.7 Å². The van der Waals surface area contributed by atoms with Crippen LogP contribution in [0.4, 0.5) is 13.2 Å². The molecule has 2 aromatic carbocycles. The molecular weight excluding hydrogens is 507 g/mol. The van der Waals surface area contributed by atoms with E-state index in [0.29, 0.717) is 30.7 Å². The third-order valence-corrected chi connectivity index (χ3v) is 6.96. The number of benzene rings is 2. The van der Waals surface area contributed by atoms with Gasteiger partial charge in [0.15, 0.2) is 17.1 Å². The van der Waals surface area contributed by atoms with Gasteiger partial charge in [0.25, 0.3) is 5.91 Å². The minimum Gasteiger partial charge on any atom is -0.463 e. The van der Waals surface area contributed by atoms with Crippen molar-refractivity contribution in [3.8, 4) is 11.5 Å². The normalized spacial score (nSPS) is 14.8. The Hall–Kier alpha value is -4.44. The van der Waals surface area contributed by atoms with Crippen LogP contribution in [0.1, 0.15) is 33.2 Å². The largest absolute Gasteiger partial charge is 0.463 e. The number of alkyl halides is 3. The van der Waals surface area contributed by atoms with Crippen molar-refractivity contribution >= 4 is 11.6 Å². The Morgan fingerprint density at radius 1 is 0.872 bits per heavy atom. The molecule has 0 unspecified atom stereocenters. The topological polar surface area (TPSA) is 66.9 Å². The van der Waals surface area contributed by atoms with E-state index >= 15 is 0 Å². The molecule has 1 aliphatic heterocycles. The van der Waals surface area contributed by atoms with Gasteiger partial charge in [-0.15, -0.1) is 0 Å². The molecule has 1 fully saturated rings. The average Bonchev–Trinajstić information content (AvgIpc) is 3.64. The fourth-order valence-electron chi connectivity index (χ4n) is 5.10. The summed E-state index contributed by atoms with van der Waals surface area (Å²) < 4.78 is 47.6. The predicted molar refractivity (Wildman–Crippen MR) is 138 cm³/mol. The number of piperazine rings is 1. The van der Waals surface area contributed by atoms with Crippen LogP contribution in [0.5, 0.6) is 0 Å². The zero-order valence-electron chi connectivity index (χ0n) is 20.8. The highest BCUT2D eigenvalue weighted by Gasteiger charge is 2.37. The van der Waals surface area contributed by atoms with E-state index in [0.717, 1.165) is 23.4 Å². The van der Waals surface area contributed by atoms with Gasteiger partial charge in [0.05, 0.1) is 18.5 Å². The van der Waals surface area contributed by atoms with Crippen LogP contribution < -0.4 is 0 Å². The molecule has 0 bridgehead atoms. The predicted octanol–water partition coefficient (Wildman–Crippen LogP) is 5.56. The minimum atomic E-state index is -4.70. The van der Waals surface area contributed by atoms with Crippen LogP contribution in [-0.2, 0) is 6.18 Å². The second kappa shape index (κ2) is 10.0. The summed E-state index contributed by atoms with van der Waals surface area (Å²) in [7, 11) is 0. The Kier molecular flexibility index (Phi) is 6.40. The van der Waals surface area contributed by atoms with Gasteiger partial charge in [-0.3, -0.25) is 9.69 Å². The molecule has 10 heteroatoms. The fraction of sp³-hybridized carbons (Fsp3) is 0.207. The second-order valence-corrected chi connectivity index (χ2v) is 9.35. The first-order valence-corrected chi connectivity index (χ1v) is 12.5. The van der Waals surface area contributed by atoms with Crippen molar-refractivity contribution in [2.24, 2.45) is 0 Å². The van der Waals surface area contributed by atoms with E-state index in [1.807, 2.05) is 36.4 Å². The second-order valence-electron chi connectivity index (χ2n) is 9.35. The number of hydrogen-bond acceptors (Lipinski definition) is 5. The van der Waals surface area contributed by atoms with Crippen LogP contribution in [0, 0.1) is 0 Å². The highest BCUT2D eigenvalue weighted by Crippen LogP contribution is 2.34. The lowest BCUT2D eigenvalue weighted by atomic mass is 9.96. The summed E-state index contributed by atoms with van der Waals surface area (Å²) in [6.07, 6.45) is -2.19. The molecule has 0 radical (unpaired) electrons. The number of amides is 1. The molecule has 0 spiro atoms. The molecule has 6 rings (SSSR count). The Labute approximate surface area is 222 Å². The van der Waals surface area contributed by atoms with E-state index in [4.69, 9.17) is 4.42 Å². The Morgan fingerprint density at radius 3 is 2.08 bits per heavy atom. The molecular formula is C29H24F3N5O2. The van der Waals surface area contributed by atoms with Gasteiger partial charge in [-0.25, -0.2) is 9.50 Å². The third kappa shape index (κ3) is 4.79. The molecule has 0 atom stereocenters. The number of aromatic nitrogens is 3. The zero-order valence-corrected chi connectivity index (χ0v) is 20.8. The van der Waals surface area contributed by atoms with Crippen molar-refractivity contribution in [3.05, 3.63) is 114 Å². The van der Waals surface area contributed by atoms with Crippen LogP contribution in [0.25, 0.3) is 17.1 Å². The van der Waals surface area contributed by atoms with E-state index in [9.17, 15) is 18.0 Å². The van der Waals surface area contributed by atoms with Crippen molar-refractivity contribution in [3.63, 3.8) is 0 Å². The summed E-state index contributed by atoms with van der Waals surface area (Å²) >= 11 is 0. The maximum Gasteiger partial charge on any atom is 0.433 e. The Balaban J connectivity index is 1.28. The number of hydrogen-bond donors (Lipinski definition) is 0. The number of rotatable bonds is 5. The number of fused-ring (bicyclic) bond motifs is 1. The number of carbonyl (C=O) groups excluding carboxylic acids is 1. The molecule has 0 aliphatic carbocycles. The molecule has 7 nitrogen and oxygen atoms in total. The van der Waals surface area contributed by atoms with Crippen LogP contribution in [0.2, 0.25) is 0 Å². The highest BCUT2D eigenvalue weighted by atomic mass is 19.4. The molecule has 39 heavy (non-hydrogen) atoms. The molecule has 1 aliphatic rings. The molecule has 1 saturated heterocycles. The maximum atomic E-state index is 13.9. The summed E-state index contributed by atoms with van der Waals surface area (Å²) in [5.41, 5.74) is 1.12. The van der Waals surface area contributed by atoms with Gasteiger partial charge in [-0.05, 0) is 29.3 Å². The van der Waals surface area contributed by atoms with Crippen LogP contribution in [0.3, 0.4) is 0 Å². The standard InChI is InChI=1S/C29H24F3N5O2/c30-29(31,32)25-18-23(24-12-7-17-39-24)34-27-22(19-33-37(25)27)28(38)36-15-13-35(14-16-36)26(20-8-3-1-4-9-20)21-10-5-2-6-11-21/h1-12,17-19,26H,13-16H2. The van der Waals surface area contributed by atoms with Gasteiger partial charge in [0.1, 0.15) is 11.3 Å². The van der Waals surface area contributed by atoms with Gasteiger partial charge >= 0.3 is 6.18 Å². The van der Waals surface area contributed by atoms with Crippen molar-refractivity contribution in [2.45, 2.75) is 12.2 Å². The summed E-state index contributed by atoms with van der Waals surface area (Å²) in [6.45, 7) is 2.02. The lowest BCUT2D eigenvalue weighted by Crippen LogP contribution is -2.49. The Morgan fingerprint density at radius 2 is 1.51 bits per heavy atom. The van der Waals surface area contributed by atoms with E-state index < -0.39 is 17.8 Å². The lowest BCUT2D eigenvalue weighted by Gasteiger charge is -2.39. The van der Waals surface area contributed by atoms with E-state index in [1.165, 1.54) is 12.3 Å². The molecule has 0 saturated carbocycles. The number of furan rings is 1. The maximum absolute atomic E-state index is 13.9. The lowest BCUT2D eigenvalue weighted by molar-refractivity contribution is -0.142. The minimum absolute atomic E-state index is 0.0185. The van der Waals surface area contributed by atoms with Gasteiger partial charge in [0.2, 0.25) is 0 Å². The zero-order chi connectivity index (χ0) is 27.0. The van der Waals surface area contributed by atoms with E-state index in [2.05, 4.69) is 39.2 Å². The average molecular weight is 532 g/mol. The quantitative estimate of drug-likeness (QED) is 0.297. The Bertz CT molecular complexity index is 1540. The number of halogens is 3. The van der Waals surface area contributed by atoms with Gasteiger partial charge in [-0.2, -0.15) is 18.3 Å². The molecule has 1 amide bonds. The molecule has 3 aromatic heterocycles. The summed E-state index contributed by atoms with van der Waals surface area (Å²) in [5, 5.41) is 3.89. The summed E-state index contributed by atoms with van der Waals surface area (Å²) in [6, 6.07) is 24.3. The van der Waals surface area contributed by atoms with Crippen LogP contribution in [0.15, 0.2) is 95.7 Å². The number of nitrogens with zero attached hydrogens (tertiary/aromatic N) is 5. The van der Waals surface area contributed by atoms with Gasteiger partial charge in [0, 0.05) is 26.2 Å². The smallest absolute Gasteiger partial charge is 0.433 e. The molecule has 5 aromatic rings. The highest BCUT2D eigenvalue weighted by molar-refractivity contribution is 6.00. The van der Waals surface area contributed by atoms with Crippen molar-refractivity contribution in [1.29, 1.82) is 0 Å². The van der Waals surface area contributed by atoms with Crippen LogP contribution in [-0.4, -0.2) is 56.5 Å². The van der Waals surface area contributed by atoms with Crippen molar-refractivity contribution < 1.29 is 22.4 Å². The summed E-state index contributed by atoms with van der Waals surface area (Å²) in [5.74, 6) is -0.234.